The average molecular weight is 403 g/mol. The van der Waals surface area contributed by atoms with Gasteiger partial charge in [0.25, 0.3) is 0 Å². The van der Waals surface area contributed by atoms with Crippen molar-refractivity contribution in [3.8, 4) is 11.6 Å². The third-order valence-corrected chi connectivity index (χ3v) is 5.35. The molecule has 0 unspecified atom stereocenters. The third kappa shape index (κ3) is 5.35. The minimum absolute atomic E-state index is 0.262. The molecule has 0 N–H and O–H groups in total. The van der Waals surface area contributed by atoms with Gasteiger partial charge in [-0.1, -0.05) is 31.4 Å². The summed E-state index contributed by atoms with van der Waals surface area (Å²) in [6.07, 6.45) is 5.39. The van der Waals surface area contributed by atoms with Gasteiger partial charge in [-0.3, -0.25) is 4.79 Å². The highest BCUT2D eigenvalue weighted by atomic mass is 35.5. The van der Waals surface area contributed by atoms with Gasteiger partial charge in [-0.2, -0.15) is 0 Å². The fraction of sp³-hybridized carbons (Fsp3) is 0.476. The molecule has 3 rings (SSSR count). The van der Waals surface area contributed by atoms with E-state index in [1.165, 1.54) is 6.33 Å². The number of anilines is 1. The third-order valence-electron chi connectivity index (χ3n) is 4.93. The Labute approximate surface area is 171 Å². The summed E-state index contributed by atoms with van der Waals surface area (Å²) >= 11 is 6.06. The number of carbonyl (C=O) groups excluding carboxylic acids is 1. The van der Waals surface area contributed by atoms with Gasteiger partial charge in [-0.05, 0) is 37.1 Å². The number of halogens is 1. The van der Waals surface area contributed by atoms with Gasteiger partial charge in [0, 0.05) is 43.7 Å². The monoisotopic (exact) mass is 402 g/mol. The molecule has 0 spiro atoms. The number of benzene rings is 1. The van der Waals surface area contributed by atoms with E-state index in [1.807, 2.05) is 36.1 Å². The SMILES string of the molecule is CCCCCC(=O)N1CCN(c2cc(Oc3ccc(Cl)c(C)c3)ncn2)CC1. The van der Waals surface area contributed by atoms with Crippen molar-refractivity contribution < 1.29 is 9.53 Å². The maximum atomic E-state index is 12.3. The van der Waals surface area contributed by atoms with Gasteiger partial charge in [-0.15, -0.1) is 0 Å². The Kier molecular flexibility index (Phi) is 7.09. The van der Waals surface area contributed by atoms with Crippen LogP contribution in [0, 0.1) is 6.92 Å². The molecule has 2 aromatic rings. The Bertz CT molecular complexity index is 807. The molecule has 1 saturated heterocycles. The number of ether oxygens (including phenoxy) is 1. The zero-order chi connectivity index (χ0) is 19.9. The summed E-state index contributed by atoms with van der Waals surface area (Å²) in [5, 5.41) is 0.706. The molecule has 6 nitrogen and oxygen atoms in total. The van der Waals surface area contributed by atoms with Crippen molar-refractivity contribution in [3.63, 3.8) is 0 Å². The van der Waals surface area contributed by atoms with Crippen LogP contribution in [0.5, 0.6) is 11.6 Å². The van der Waals surface area contributed by atoms with E-state index < -0.39 is 0 Å². The van der Waals surface area contributed by atoms with Crippen molar-refractivity contribution in [2.75, 3.05) is 31.1 Å². The molecule has 0 atom stereocenters. The van der Waals surface area contributed by atoms with Crippen LogP contribution in [0.1, 0.15) is 38.2 Å². The molecule has 150 valence electrons. The lowest BCUT2D eigenvalue weighted by atomic mass is 10.2. The normalized spacial score (nSPS) is 14.2. The van der Waals surface area contributed by atoms with Crippen molar-refractivity contribution in [2.24, 2.45) is 0 Å². The van der Waals surface area contributed by atoms with Gasteiger partial charge >= 0.3 is 0 Å². The summed E-state index contributed by atoms with van der Waals surface area (Å²) < 4.78 is 5.86. The maximum Gasteiger partial charge on any atom is 0.224 e. The van der Waals surface area contributed by atoms with Crippen LogP contribution in [-0.4, -0.2) is 47.0 Å². The van der Waals surface area contributed by atoms with Gasteiger partial charge in [0.05, 0.1) is 0 Å². The molecule has 1 amide bonds. The molecule has 0 radical (unpaired) electrons. The van der Waals surface area contributed by atoms with Crippen LogP contribution in [0.4, 0.5) is 5.82 Å². The number of aryl methyl sites for hydroxylation is 1. The molecule has 1 aliphatic heterocycles. The second-order valence-corrected chi connectivity index (χ2v) is 7.46. The molecular formula is C21H27ClN4O2. The van der Waals surface area contributed by atoms with E-state index in [9.17, 15) is 4.79 Å². The first-order chi connectivity index (χ1) is 13.6. The van der Waals surface area contributed by atoms with Crippen molar-refractivity contribution in [1.29, 1.82) is 0 Å². The minimum atomic E-state index is 0.262. The molecule has 0 bridgehead atoms. The highest BCUT2D eigenvalue weighted by molar-refractivity contribution is 6.31. The first-order valence-corrected chi connectivity index (χ1v) is 10.2. The molecule has 1 aliphatic rings. The van der Waals surface area contributed by atoms with Gasteiger partial charge in [0.1, 0.15) is 17.9 Å². The lowest BCUT2D eigenvalue weighted by Crippen LogP contribution is -2.49. The van der Waals surface area contributed by atoms with E-state index in [2.05, 4.69) is 21.8 Å². The molecule has 1 aromatic carbocycles. The number of piperazine rings is 1. The van der Waals surface area contributed by atoms with Crippen LogP contribution < -0.4 is 9.64 Å². The van der Waals surface area contributed by atoms with Crippen LogP contribution in [0.25, 0.3) is 0 Å². The Morgan fingerprint density at radius 1 is 1.14 bits per heavy atom. The lowest BCUT2D eigenvalue weighted by Gasteiger charge is -2.35. The lowest BCUT2D eigenvalue weighted by molar-refractivity contribution is -0.131. The smallest absolute Gasteiger partial charge is 0.224 e. The number of unbranched alkanes of at least 4 members (excludes halogenated alkanes) is 2. The Hall–Kier alpha value is -2.34. The Balaban J connectivity index is 1.57. The van der Waals surface area contributed by atoms with Crippen LogP contribution >= 0.6 is 11.6 Å². The summed E-state index contributed by atoms with van der Waals surface area (Å²) in [5.41, 5.74) is 0.952. The predicted molar refractivity (Wildman–Crippen MR) is 111 cm³/mol. The molecular weight excluding hydrogens is 376 g/mol. The summed E-state index contributed by atoms with van der Waals surface area (Å²) in [4.78, 5) is 25.0. The molecule has 0 saturated carbocycles. The second-order valence-electron chi connectivity index (χ2n) is 7.05. The van der Waals surface area contributed by atoms with Gasteiger partial charge < -0.3 is 14.5 Å². The number of amides is 1. The molecule has 2 heterocycles. The Morgan fingerprint density at radius 3 is 2.64 bits per heavy atom. The molecule has 1 aromatic heterocycles. The summed E-state index contributed by atoms with van der Waals surface area (Å²) in [7, 11) is 0. The molecule has 7 heteroatoms. The van der Waals surface area contributed by atoms with Crippen molar-refractivity contribution in [2.45, 2.75) is 39.5 Å². The van der Waals surface area contributed by atoms with Gasteiger partial charge in [0.2, 0.25) is 11.8 Å². The minimum Gasteiger partial charge on any atom is -0.439 e. The highest BCUT2D eigenvalue weighted by Gasteiger charge is 2.22. The number of carbonyl (C=O) groups is 1. The van der Waals surface area contributed by atoms with Crippen LogP contribution in [0.2, 0.25) is 5.02 Å². The molecule has 28 heavy (non-hydrogen) atoms. The number of hydrogen-bond acceptors (Lipinski definition) is 5. The molecule has 1 fully saturated rings. The zero-order valence-corrected chi connectivity index (χ0v) is 17.3. The van der Waals surface area contributed by atoms with E-state index in [1.54, 1.807) is 0 Å². The summed E-state index contributed by atoms with van der Waals surface area (Å²) in [6, 6.07) is 7.35. The predicted octanol–water partition coefficient (Wildman–Crippen LogP) is 4.46. The van der Waals surface area contributed by atoms with Crippen LogP contribution in [0.3, 0.4) is 0 Å². The zero-order valence-electron chi connectivity index (χ0n) is 16.5. The quantitative estimate of drug-likeness (QED) is 0.640. The number of rotatable bonds is 7. The van der Waals surface area contributed by atoms with E-state index >= 15 is 0 Å². The fourth-order valence-corrected chi connectivity index (χ4v) is 3.35. The average Bonchev–Trinajstić information content (AvgIpc) is 2.71. The largest absolute Gasteiger partial charge is 0.439 e. The van der Waals surface area contributed by atoms with E-state index in [-0.39, 0.29) is 5.91 Å². The van der Waals surface area contributed by atoms with Crippen LogP contribution in [0.15, 0.2) is 30.6 Å². The fourth-order valence-electron chi connectivity index (χ4n) is 3.23. The van der Waals surface area contributed by atoms with E-state index in [0.29, 0.717) is 23.1 Å². The first kappa shape index (κ1) is 20.4. The summed E-state index contributed by atoms with van der Waals surface area (Å²) in [6.45, 7) is 7.05. The van der Waals surface area contributed by atoms with E-state index in [0.717, 1.165) is 56.8 Å². The number of nitrogens with zero attached hydrogens (tertiary/aromatic N) is 4. The second kappa shape index (κ2) is 9.73. The maximum absolute atomic E-state index is 12.3. The van der Waals surface area contributed by atoms with E-state index in [4.69, 9.17) is 16.3 Å². The topological polar surface area (TPSA) is 58.6 Å². The first-order valence-electron chi connectivity index (χ1n) is 9.85. The Morgan fingerprint density at radius 2 is 1.93 bits per heavy atom. The highest BCUT2D eigenvalue weighted by Crippen LogP contribution is 2.26. The molecule has 0 aliphatic carbocycles. The van der Waals surface area contributed by atoms with Gasteiger partial charge in [0.15, 0.2) is 0 Å². The van der Waals surface area contributed by atoms with Crippen molar-refractivity contribution in [3.05, 3.63) is 41.2 Å². The van der Waals surface area contributed by atoms with Gasteiger partial charge in [-0.25, -0.2) is 9.97 Å². The summed E-state index contributed by atoms with van der Waals surface area (Å²) in [5.74, 6) is 2.26. The number of aromatic nitrogens is 2. The van der Waals surface area contributed by atoms with Crippen LogP contribution in [-0.2, 0) is 4.79 Å². The van der Waals surface area contributed by atoms with Crippen molar-refractivity contribution in [1.82, 2.24) is 14.9 Å². The van der Waals surface area contributed by atoms with Crippen molar-refractivity contribution >= 4 is 23.3 Å². The standard InChI is InChI=1S/C21H27ClN4O2/c1-3-4-5-6-21(27)26-11-9-25(10-12-26)19-14-20(24-15-23-19)28-17-7-8-18(22)16(2)13-17/h7-8,13-15H,3-6,9-12H2,1-2H3. The number of hydrogen-bond donors (Lipinski definition) is 0.